The van der Waals surface area contributed by atoms with E-state index >= 15 is 0 Å². The number of anilines is 2. The highest BCUT2D eigenvalue weighted by atomic mass is 32.2. The molecule has 2 amide bonds. The van der Waals surface area contributed by atoms with E-state index in [9.17, 15) is 9.59 Å². The Labute approximate surface area is 193 Å². The summed E-state index contributed by atoms with van der Waals surface area (Å²) in [4.78, 5) is 28.5. The fourth-order valence-electron chi connectivity index (χ4n) is 2.87. The number of thioether (sulfide) groups is 1. The van der Waals surface area contributed by atoms with E-state index in [0.717, 1.165) is 11.1 Å². The molecule has 0 spiro atoms. The summed E-state index contributed by atoms with van der Waals surface area (Å²) in [6.45, 7) is 1.98. The number of carbonyl (C=O) groups excluding carboxylic acids is 2. The number of nitrogens with zero attached hydrogens (tertiary/aromatic N) is 4. The van der Waals surface area contributed by atoms with Gasteiger partial charge in [-0.25, -0.2) is 4.98 Å². The largest absolute Gasteiger partial charge is 0.322 e. The summed E-state index contributed by atoms with van der Waals surface area (Å²) in [5, 5.41) is 17.1. The highest BCUT2D eigenvalue weighted by Gasteiger charge is 2.14. The zero-order valence-corrected chi connectivity index (χ0v) is 19.0. The number of aromatic nitrogens is 4. The lowest BCUT2D eigenvalue weighted by Crippen LogP contribution is -2.14. The van der Waals surface area contributed by atoms with Gasteiger partial charge in [-0.15, -0.1) is 21.5 Å². The van der Waals surface area contributed by atoms with Crippen molar-refractivity contribution in [3.05, 3.63) is 71.2 Å². The molecule has 0 bridgehead atoms. The van der Waals surface area contributed by atoms with Gasteiger partial charge in [-0.2, -0.15) is 0 Å². The molecule has 0 aliphatic rings. The molecule has 8 nitrogen and oxygen atoms in total. The summed E-state index contributed by atoms with van der Waals surface area (Å²) >= 11 is 2.67. The summed E-state index contributed by atoms with van der Waals surface area (Å²) < 4.78 is 1.83. The van der Waals surface area contributed by atoms with E-state index in [1.807, 2.05) is 54.9 Å². The number of hydrogen-bond acceptors (Lipinski definition) is 7. The Morgan fingerprint density at radius 2 is 1.78 bits per heavy atom. The van der Waals surface area contributed by atoms with Crippen LogP contribution in [0.4, 0.5) is 10.8 Å². The molecule has 4 aromatic rings. The molecule has 2 aromatic heterocycles. The minimum atomic E-state index is -0.161. The topological polar surface area (TPSA) is 102 Å². The number of aryl methyl sites for hydroxylation is 1. The Bertz CT molecular complexity index is 1220. The van der Waals surface area contributed by atoms with Crippen LogP contribution in [0, 0.1) is 6.92 Å². The van der Waals surface area contributed by atoms with Crippen LogP contribution in [-0.4, -0.2) is 37.3 Å². The molecule has 0 unspecified atom stereocenters. The summed E-state index contributed by atoms with van der Waals surface area (Å²) in [5.41, 5.74) is 3.25. The third-order valence-corrected chi connectivity index (χ3v) is 6.27. The Morgan fingerprint density at radius 3 is 2.47 bits per heavy atom. The van der Waals surface area contributed by atoms with Crippen molar-refractivity contribution in [2.24, 2.45) is 7.05 Å². The summed E-state index contributed by atoms with van der Waals surface area (Å²) in [6, 6.07) is 14.8. The van der Waals surface area contributed by atoms with Crippen molar-refractivity contribution in [3.8, 4) is 11.4 Å². The Kier molecular flexibility index (Phi) is 6.62. The number of benzene rings is 2. The molecule has 0 saturated carbocycles. The van der Waals surface area contributed by atoms with Gasteiger partial charge in [0.1, 0.15) is 0 Å². The number of carbonyl (C=O) groups is 2. The fourth-order valence-corrected chi connectivity index (χ4v) is 4.13. The van der Waals surface area contributed by atoms with Crippen LogP contribution in [0.2, 0.25) is 0 Å². The van der Waals surface area contributed by atoms with E-state index in [4.69, 9.17) is 0 Å². The maximum absolute atomic E-state index is 12.4. The van der Waals surface area contributed by atoms with Crippen molar-refractivity contribution in [2.45, 2.75) is 12.1 Å². The van der Waals surface area contributed by atoms with E-state index in [0.29, 0.717) is 27.4 Å². The number of rotatable bonds is 7. The molecular weight excluding hydrogens is 444 g/mol. The molecule has 10 heteroatoms. The lowest BCUT2D eigenvalue weighted by atomic mass is 10.1. The molecule has 0 saturated heterocycles. The number of amides is 2. The smallest absolute Gasteiger partial charge is 0.255 e. The second kappa shape index (κ2) is 9.75. The predicted molar refractivity (Wildman–Crippen MR) is 127 cm³/mol. The van der Waals surface area contributed by atoms with E-state index in [1.54, 1.807) is 23.7 Å². The highest BCUT2D eigenvalue weighted by molar-refractivity contribution is 7.99. The first-order valence-corrected chi connectivity index (χ1v) is 11.6. The van der Waals surface area contributed by atoms with Crippen LogP contribution in [0.25, 0.3) is 11.4 Å². The van der Waals surface area contributed by atoms with Crippen LogP contribution in [0.5, 0.6) is 0 Å². The van der Waals surface area contributed by atoms with Crippen LogP contribution in [0.1, 0.15) is 15.9 Å². The first-order chi connectivity index (χ1) is 15.5. The van der Waals surface area contributed by atoms with Crippen molar-refractivity contribution in [2.75, 3.05) is 16.4 Å². The van der Waals surface area contributed by atoms with Gasteiger partial charge in [-0.05, 0) is 43.3 Å². The van der Waals surface area contributed by atoms with Gasteiger partial charge in [0.25, 0.3) is 5.91 Å². The summed E-state index contributed by atoms with van der Waals surface area (Å²) in [5.74, 6) is 0.564. The fraction of sp³-hybridized carbons (Fsp3) is 0.136. The summed E-state index contributed by atoms with van der Waals surface area (Å²) in [6.07, 6.45) is 1.64. The van der Waals surface area contributed by atoms with Crippen molar-refractivity contribution < 1.29 is 9.59 Å². The van der Waals surface area contributed by atoms with Crippen LogP contribution in [0.3, 0.4) is 0 Å². The first kappa shape index (κ1) is 21.7. The SMILES string of the molecule is Cc1ccc(C(=O)Nc2ccc(-c3nnc(SCC(=O)Nc4nccs4)n3C)cc2)cc1. The first-order valence-electron chi connectivity index (χ1n) is 9.69. The molecule has 2 aromatic carbocycles. The molecule has 0 atom stereocenters. The number of hydrogen-bond donors (Lipinski definition) is 2. The third kappa shape index (κ3) is 5.21. The van der Waals surface area contributed by atoms with Crippen LogP contribution in [-0.2, 0) is 11.8 Å². The third-order valence-electron chi connectivity index (χ3n) is 4.56. The monoisotopic (exact) mass is 464 g/mol. The second-order valence-electron chi connectivity index (χ2n) is 6.94. The van der Waals surface area contributed by atoms with Gasteiger partial charge in [0.15, 0.2) is 16.1 Å². The van der Waals surface area contributed by atoms with E-state index < -0.39 is 0 Å². The van der Waals surface area contributed by atoms with E-state index in [2.05, 4.69) is 25.8 Å². The Morgan fingerprint density at radius 1 is 1.03 bits per heavy atom. The van der Waals surface area contributed by atoms with Gasteiger partial charge < -0.3 is 15.2 Å². The van der Waals surface area contributed by atoms with Crippen LogP contribution in [0.15, 0.2) is 65.3 Å². The number of thiazole rings is 1. The zero-order valence-electron chi connectivity index (χ0n) is 17.4. The van der Waals surface area contributed by atoms with Gasteiger partial charge in [0, 0.05) is 35.4 Å². The average Bonchev–Trinajstić information content (AvgIpc) is 3.43. The molecule has 162 valence electrons. The van der Waals surface area contributed by atoms with Gasteiger partial charge in [0.05, 0.1) is 5.75 Å². The van der Waals surface area contributed by atoms with Crippen molar-refractivity contribution in [3.63, 3.8) is 0 Å². The maximum atomic E-state index is 12.4. The molecule has 32 heavy (non-hydrogen) atoms. The second-order valence-corrected chi connectivity index (χ2v) is 8.77. The van der Waals surface area contributed by atoms with Crippen molar-refractivity contribution in [1.29, 1.82) is 0 Å². The van der Waals surface area contributed by atoms with E-state index in [1.165, 1.54) is 23.1 Å². The van der Waals surface area contributed by atoms with Crippen molar-refractivity contribution >= 4 is 45.7 Å². The maximum Gasteiger partial charge on any atom is 0.255 e. The number of nitrogens with one attached hydrogen (secondary N) is 2. The highest BCUT2D eigenvalue weighted by Crippen LogP contribution is 2.24. The standard InChI is InChI=1S/C22H20N6O2S2/c1-14-3-5-16(6-4-14)20(30)24-17-9-7-15(8-10-17)19-26-27-22(28(19)2)32-13-18(29)25-21-23-11-12-31-21/h3-12H,13H2,1-2H3,(H,24,30)(H,23,25,29). The lowest BCUT2D eigenvalue weighted by molar-refractivity contribution is -0.113. The molecule has 2 heterocycles. The molecular formula is C22H20N6O2S2. The van der Waals surface area contributed by atoms with Crippen molar-refractivity contribution in [1.82, 2.24) is 19.7 Å². The van der Waals surface area contributed by atoms with Crippen LogP contribution >= 0.6 is 23.1 Å². The molecule has 0 radical (unpaired) electrons. The molecule has 2 N–H and O–H groups in total. The van der Waals surface area contributed by atoms with Gasteiger partial charge >= 0.3 is 0 Å². The van der Waals surface area contributed by atoms with Gasteiger partial charge in [-0.1, -0.05) is 29.5 Å². The van der Waals surface area contributed by atoms with E-state index in [-0.39, 0.29) is 17.6 Å². The molecule has 0 aliphatic heterocycles. The Balaban J connectivity index is 1.37. The minimum Gasteiger partial charge on any atom is -0.322 e. The zero-order chi connectivity index (χ0) is 22.5. The summed E-state index contributed by atoms with van der Waals surface area (Å²) in [7, 11) is 1.85. The predicted octanol–water partition coefficient (Wildman–Crippen LogP) is 4.23. The lowest BCUT2D eigenvalue weighted by Gasteiger charge is -2.07. The Hall–Kier alpha value is -3.50. The van der Waals surface area contributed by atoms with Gasteiger partial charge in [-0.3, -0.25) is 9.59 Å². The average molecular weight is 465 g/mol. The normalized spacial score (nSPS) is 10.7. The van der Waals surface area contributed by atoms with Crippen LogP contribution < -0.4 is 10.6 Å². The molecule has 4 rings (SSSR count). The minimum absolute atomic E-state index is 0.150. The molecule has 0 fully saturated rings. The molecule has 0 aliphatic carbocycles. The quantitative estimate of drug-likeness (QED) is 0.397. The van der Waals surface area contributed by atoms with Gasteiger partial charge in [0.2, 0.25) is 5.91 Å².